The molecule has 1 aromatic rings. The van der Waals surface area contributed by atoms with Crippen molar-refractivity contribution in [3.63, 3.8) is 0 Å². The van der Waals surface area contributed by atoms with Gasteiger partial charge in [0.25, 0.3) is 10.0 Å². The van der Waals surface area contributed by atoms with Gasteiger partial charge in [0.15, 0.2) is 0 Å². The molecule has 118 valence electrons. The molecule has 0 spiro atoms. The topological polar surface area (TPSA) is 111 Å². The average Bonchev–Trinajstić information content (AvgIpc) is 2.98. The molecule has 2 heterocycles. The Bertz CT molecular complexity index is 738. The number of hydrogen-bond acceptors (Lipinski definition) is 5. The Labute approximate surface area is 127 Å². The lowest BCUT2D eigenvalue weighted by Gasteiger charge is -2.24. The summed E-state index contributed by atoms with van der Waals surface area (Å²) >= 11 is 0. The van der Waals surface area contributed by atoms with Crippen LogP contribution in [0.3, 0.4) is 0 Å². The van der Waals surface area contributed by atoms with Crippen molar-refractivity contribution < 1.29 is 18.3 Å². The van der Waals surface area contributed by atoms with Crippen LogP contribution in [0.1, 0.15) is 12.8 Å². The number of guanidine groups is 1. The first-order valence-corrected chi connectivity index (χ1v) is 8.39. The van der Waals surface area contributed by atoms with E-state index in [4.69, 9.17) is 5.11 Å². The van der Waals surface area contributed by atoms with Gasteiger partial charge in [0.1, 0.15) is 11.4 Å². The fraction of sp³-hybridized carbons (Fsp3) is 0.385. The molecule has 3 N–H and O–H groups in total. The van der Waals surface area contributed by atoms with Crippen LogP contribution >= 0.6 is 0 Å². The van der Waals surface area contributed by atoms with Crippen LogP contribution in [0, 0.1) is 0 Å². The standard InChI is InChI=1S/C13H16N4O4S/c18-12(19)8-14-13-15-10-4-3-9(17-5-1-2-6-17)7-11(10)22(20,21)16-13/h3-4,7H,1-2,5-6,8H2,(H,18,19)(H2,14,15,16). The monoisotopic (exact) mass is 324 g/mol. The lowest BCUT2D eigenvalue weighted by atomic mass is 10.2. The second-order valence-corrected chi connectivity index (χ2v) is 6.81. The van der Waals surface area contributed by atoms with Gasteiger partial charge in [0.05, 0.1) is 5.69 Å². The van der Waals surface area contributed by atoms with Crippen molar-refractivity contribution in [1.29, 1.82) is 0 Å². The highest BCUT2D eigenvalue weighted by Gasteiger charge is 2.28. The van der Waals surface area contributed by atoms with E-state index in [-0.39, 0.29) is 10.9 Å². The Balaban J connectivity index is 1.93. The number of benzene rings is 1. The smallest absolute Gasteiger partial charge is 0.325 e. The molecule has 1 fully saturated rings. The minimum absolute atomic E-state index is 0.0798. The first-order chi connectivity index (χ1) is 10.5. The zero-order valence-corrected chi connectivity index (χ0v) is 12.6. The minimum atomic E-state index is -3.75. The highest BCUT2D eigenvalue weighted by molar-refractivity contribution is 7.90. The number of nitrogens with one attached hydrogen (secondary N) is 2. The summed E-state index contributed by atoms with van der Waals surface area (Å²) in [6.07, 6.45) is 2.21. The number of carbonyl (C=O) groups is 1. The number of carboxylic acids is 1. The average molecular weight is 324 g/mol. The van der Waals surface area contributed by atoms with Gasteiger partial charge in [-0.05, 0) is 31.0 Å². The summed E-state index contributed by atoms with van der Waals surface area (Å²) in [5.41, 5.74) is 1.26. The largest absolute Gasteiger partial charge is 0.480 e. The minimum Gasteiger partial charge on any atom is -0.480 e. The zero-order chi connectivity index (χ0) is 15.7. The van der Waals surface area contributed by atoms with E-state index in [0.29, 0.717) is 5.69 Å². The highest BCUT2D eigenvalue weighted by Crippen LogP contribution is 2.30. The van der Waals surface area contributed by atoms with Gasteiger partial charge in [-0.1, -0.05) is 0 Å². The molecule has 0 unspecified atom stereocenters. The van der Waals surface area contributed by atoms with E-state index in [2.05, 4.69) is 19.9 Å². The van der Waals surface area contributed by atoms with Crippen LogP contribution in [-0.2, 0) is 14.8 Å². The second-order valence-electron chi connectivity index (χ2n) is 5.16. The third-order valence-electron chi connectivity index (χ3n) is 3.58. The fourth-order valence-corrected chi connectivity index (χ4v) is 3.73. The Kier molecular flexibility index (Phi) is 3.65. The molecule has 0 amide bonds. The van der Waals surface area contributed by atoms with E-state index in [1.54, 1.807) is 12.1 Å². The second kappa shape index (κ2) is 5.48. The number of anilines is 2. The summed E-state index contributed by atoms with van der Waals surface area (Å²) in [4.78, 5) is 16.5. The van der Waals surface area contributed by atoms with Crippen LogP contribution in [0.25, 0.3) is 0 Å². The summed E-state index contributed by atoms with van der Waals surface area (Å²) < 4.78 is 26.8. The van der Waals surface area contributed by atoms with Gasteiger partial charge in [-0.3, -0.25) is 4.79 Å². The van der Waals surface area contributed by atoms with Crippen LogP contribution < -0.4 is 14.9 Å². The normalized spacial score (nSPS) is 21.1. The molecule has 2 aliphatic rings. The van der Waals surface area contributed by atoms with Crippen LogP contribution in [0.15, 0.2) is 28.1 Å². The number of nitrogens with zero attached hydrogens (tertiary/aromatic N) is 2. The van der Waals surface area contributed by atoms with Gasteiger partial charge in [0, 0.05) is 18.8 Å². The summed E-state index contributed by atoms with van der Waals surface area (Å²) in [5, 5.41) is 11.4. The molecular weight excluding hydrogens is 308 g/mol. The SMILES string of the molecule is O=C(O)CN=C1Nc2ccc(N3CCCC3)cc2S(=O)(=O)N1. The summed E-state index contributed by atoms with van der Waals surface area (Å²) in [6.45, 7) is 1.34. The Morgan fingerprint density at radius 1 is 1.32 bits per heavy atom. The first-order valence-electron chi connectivity index (χ1n) is 6.91. The summed E-state index contributed by atoms with van der Waals surface area (Å²) in [6, 6.07) is 5.16. The first kappa shape index (κ1) is 14.6. The highest BCUT2D eigenvalue weighted by atomic mass is 32.2. The molecule has 0 saturated carbocycles. The number of fused-ring (bicyclic) bond motifs is 1. The predicted molar refractivity (Wildman–Crippen MR) is 81.8 cm³/mol. The van der Waals surface area contributed by atoms with Crippen LogP contribution in [-0.4, -0.2) is 45.1 Å². The van der Waals surface area contributed by atoms with E-state index in [9.17, 15) is 13.2 Å². The molecule has 0 aliphatic carbocycles. The van der Waals surface area contributed by atoms with Gasteiger partial charge < -0.3 is 15.3 Å². The number of sulfonamides is 1. The molecule has 1 saturated heterocycles. The Morgan fingerprint density at radius 3 is 2.73 bits per heavy atom. The maximum atomic E-state index is 12.3. The van der Waals surface area contributed by atoms with Gasteiger partial charge in [-0.25, -0.2) is 18.1 Å². The molecule has 0 atom stereocenters. The molecule has 0 radical (unpaired) electrons. The zero-order valence-electron chi connectivity index (χ0n) is 11.7. The van der Waals surface area contributed by atoms with Crippen LogP contribution in [0.5, 0.6) is 0 Å². The molecule has 22 heavy (non-hydrogen) atoms. The van der Waals surface area contributed by atoms with Gasteiger partial charge in [0.2, 0.25) is 5.96 Å². The van der Waals surface area contributed by atoms with E-state index in [1.807, 2.05) is 6.07 Å². The van der Waals surface area contributed by atoms with Gasteiger partial charge in [-0.2, -0.15) is 0 Å². The lowest BCUT2D eigenvalue weighted by Crippen LogP contribution is -2.41. The lowest BCUT2D eigenvalue weighted by molar-refractivity contribution is -0.135. The maximum absolute atomic E-state index is 12.3. The fourth-order valence-electron chi connectivity index (χ4n) is 2.56. The van der Waals surface area contributed by atoms with E-state index < -0.39 is 22.5 Å². The van der Waals surface area contributed by atoms with Crippen molar-refractivity contribution in [2.24, 2.45) is 4.99 Å². The van der Waals surface area contributed by atoms with Crippen LogP contribution in [0.4, 0.5) is 11.4 Å². The number of hydrogen-bond donors (Lipinski definition) is 3. The van der Waals surface area contributed by atoms with E-state index in [1.165, 1.54) is 0 Å². The van der Waals surface area contributed by atoms with Crippen molar-refractivity contribution in [2.75, 3.05) is 29.9 Å². The third-order valence-corrected chi connectivity index (χ3v) is 4.96. The molecule has 1 aromatic carbocycles. The van der Waals surface area contributed by atoms with Crippen molar-refractivity contribution in [1.82, 2.24) is 4.72 Å². The third kappa shape index (κ3) is 2.84. The summed E-state index contributed by atoms with van der Waals surface area (Å²) in [5.74, 6) is -1.22. The predicted octanol–water partition coefficient (Wildman–Crippen LogP) is 0.431. The van der Waals surface area contributed by atoms with Crippen LogP contribution in [0.2, 0.25) is 0 Å². The quantitative estimate of drug-likeness (QED) is 0.743. The Morgan fingerprint density at radius 2 is 2.05 bits per heavy atom. The molecule has 9 heteroatoms. The van der Waals surface area contributed by atoms with E-state index >= 15 is 0 Å². The number of aliphatic imine (C=N–C) groups is 1. The number of rotatable bonds is 3. The molecule has 3 rings (SSSR count). The Hall–Kier alpha value is -2.29. The van der Waals surface area contributed by atoms with E-state index in [0.717, 1.165) is 31.6 Å². The summed E-state index contributed by atoms with van der Waals surface area (Å²) in [7, 11) is -3.75. The molecule has 0 aromatic heterocycles. The van der Waals surface area contributed by atoms with Crippen molar-refractivity contribution in [2.45, 2.75) is 17.7 Å². The van der Waals surface area contributed by atoms with Crippen molar-refractivity contribution in [3.8, 4) is 0 Å². The molecule has 8 nitrogen and oxygen atoms in total. The maximum Gasteiger partial charge on any atom is 0.325 e. The number of aliphatic carboxylic acids is 1. The van der Waals surface area contributed by atoms with Gasteiger partial charge >= 0.3 is 5.97 Å². The van der Waals surface area contributed by atoms with Gasteiger partial charge in [-0.15, -0.1) is 0 Å². The number of carboxylic acid groups (broad SMARTS) is 1. The molecular formula is C13H16N4O4S. The molecule has 2 aliphatic heterocycles. The molecule has 0 bridgehead atoms. The van der Waals surface area contributed by atoms with Crippen molar-refractivity contribution >= 4 is 33.3 Å². The van der Waals surface area contributed by atoms with Crippen molar-refractivity contribution in [3.05, 3.63) is 18.2 Å².